The minimum atomic E-state index is -0.260. The molecule has 2 heterocycles. The zero-order chi connectivity index (χ0) is 14.1. The molecule has 3 aromatic rings. The van der Waals surface area contributed by atoms with Gasteiger partial charge in [-0.2, -0.15) is 0 Å². The van der Waals surface area contributed by atoms with Gasteiger partial charge in [-0.3, -0.25) is 0 Å². The highest BCUT2D eigenvalue weighted by Crippen LogP contribution is 2.24. The van der Waals surface area contributed by atoms with Gasteiger partial charge >= 0.3 is 0 Å². The van der Waals surface area contributed by atoms with Crippen LogP contribution < -0.4 is 5.73 Å². The largest absolute Gasteiger partial charge is 0.329 e. The van der Waals surface area contributed by atoms with Gasteiger partial charge in [-0.15, -0.1) is 0 Å². The molecule has 0 unspecified atom stereocenters. The SMILES string of the molecule is Cc1cnc2c(c1)nc(-c1ccc(F)cc1)n2CCN. The van der Waals surface area contributed by atoms with Crippen molar-refractivity contribution in [3.63, 3.8) is 0 Å². The first-order chi connectivity index (χ1) is 9.69. The summed E-state index contributed by atoms with van der Waals surface area (Å²) in [4.78, 5) is 9.05. The lowest BCUT2D eigenvalue weighted by Crippen LogP contribution is -2.11. The fourth-order valence-electron chi connectivity index (χ4n) is 2.27. The number of halogens is 1. The number of benzene rings is 1. The van der Waals surface area contributed by atoms with Crippen molar-refractivity contribution in [1.82, 2.24) is 14.5 Å². The van der Waals surface area contributed by atoms with Gasteiger partial charge < -0.3 is 10.3 Å². The van der Waals surface area contributed by atoms with Crippen molar-refractivity contribution in [2.45, 2.75) is 13.5 Å². The third kappa shape index (κ3) is 2.16. The third-order valence-corrected chi connectivity index (χ3v) is 3.18. The number of rotatable bonds is 3. The van der Waals surface area contributed by atoms with Crippen LogP contribution in [0, 0.1) is 12.7 Å². The molecule has 0 atom stereocenters. The number of hydrogen-bond donors (Lipinski definition) is 1. The van der Waals surface area contributed by atoms with Crippen molar-refractivity contribution in [2.75, 3.05) is 6.54 Å². The van der Waals surface area contributed by atoms with Crippen LogP contribution in [-0.4, -0.2) is 21.1 Å². The van der Waals surface area contributed by atoms with E-state index in [1.165, 1.54) is 12.1 Å². The van der Waals surface area contributed by atoms with E-state index in [2.05, 4.69) is 9.97 Å². The summed E-state index contributed by atoms with van der Waals surface area (Å²) in [7, 11) is 0. The van der Waals surface area contributed by atoms with E-state index in [0.717, 1.165) is 28.1 Å². The summed E-state index contributed by atoms with van der Waals surface area (Å²) in [6, 6.07) is 8.29. The Kier molecular flexibility index (Phi) is 3.20. The molecule has 0 spiro atoms. The topological polar surface area (TPSA) is 56.7 Å². The second-order valence-electron chi connectivity index (χ2n) is 4.74. The van der Waals surface area contributed by atoms with E-state index in [1.807, 2.05) is 23.8 Å². The molecule has 0 fully saturated rings. The smallest absolute Gasteiger partial charge is 0.160 e. The quantitative estimate of drug-likeness (QED) is 0.795. The Morgan fingerprint density at radius 2 is 2.00 bits per heavy atom. The minimum absolute atomic E-state index is 0.260. The molecule has 5 heteroatoms. The molecule has 0 radical (unpaired) electrons. The first-order valence-electron chi connectivity index (χ1n) is 6.48. The van der Waals surface area contributed by atoms with Gasteiger partial charge in [-0.25, -0.2) is 14.4 Å². The molecule has 0 aliphatic heterocycles. The van der Waals surface area contributed by atoms with Gasteiger partial charge in [0.2, 0.25) is 0 Å². The number of hydrogen-bond acceptors (Lipinski definition) is 3. The lowest BCUT2D eigenvalue weighted by atomic mass is 10.2. The van der Waals surface area contributed by atoms with Crippen molar-refractivity contribution in [3.05, 3.63) is 47.9 Å². The molecular weight excluding hydrogens is 255 g/mol. The summed E-state index contributed by atoms with van der Waals surface area (Å²) in [5.74, 6) is 0.507. The van der Waals surface area contributed by atoms with E-state index in [1.54, 1.807) is 12.1 Å². The number of aromatic nitrogens is 3. The summed E-state index contributed by atoms with van der Waals surface area (Å²) >= 11 is 0. The van der Waals surface area contributed by atoms with Gasteiger partial charge in [0.25, 0.3) is 0 Å². The molecule has 0 aliphatic rings. The standard InChI is InChI=1S/C15H15FN4/c1-10-8-13-15(18-9-10)20(7-6-17)14(19-13)11-2-4-12(16)5-3-11/h2-5,8-9H,6-7,17H2,1H3. The average Bonchev–Trinajstić information content (AvgIpc) is 2.78. The van der Waals surface area contributed by atoms with Gasteiger partial charge in [0.15, 0.2) is 5.65 Å². The first kappa shape index (κ1) is 12.7. The average molecular weight is 270 g/mol. The molecule has 4 nitrogen and oxygen atoms in total. The number of fused-ring (bicyclic) bond motifs is 1. The van der Waals surface area contributed by atoms with Crippen LogP contribution in [0.3, 0.4) is 0 Å². The first-order valence-corrected chi connectivity index (χ1v) is 6.48. The maximum absolute atomic E-state index is 13.0. The lowest BCUT2D eigenvalue weighted by molar-refractivity contribution is 0.628. The molecule has 0 amide bonds. The fourth-order valence-corrected chi connectivity index (χ4v) is 2.27. The molecule has 0 saturated heterocycles. The van der Waals surface area contributed by atoms with Crippen LogP contribution in [0.25, 0.3) is 22.6 Å². The van der Waals surface area contributed by atoms with E-state index >= 15 is 0 Å². The number of aryl methyl sites for hydroxylation is 1. The Hall–Kier alpha value is -2.27. The number of imidazole rings is 1. The van der Waals surface area contributed by atoms with Crippen LogP contribution in [0.1, 0.15) is 5.56 Å². The van der Waals surface area contributed by atoms with Gasteiger partial charge in [0.05, 0.1) is 0 Å². The second kappa shape index (κ2) is 5.02. The normalized spacial score (nSPS) is 11.2. The van der Waals surface area contributed by atoms with Gasteiger partial charge in [-0.1, -0.05) is 0 Å². The molecule has 3 rings (SSSR count). The van der Waals surface area contributed by atoms with Crippen LogP contribution in [0.2, 0.25) is 0 Å². The van der Waals surface area contributed by atoms with E-state index in [0.29, 0.717) is 13.1 Å². The molecule has 20 heavy (non-hydrogen) atoms. The molecule has 1 aromatic carbocycles. The third-order valence-electron chi connectivity index (χ3n) is 3.18. The van der Waals surface area contributed by atoms with Gasteiger partial charge in [0.1, 0.15) is 17.2 Å². The lowest BCUT2D eigenvalue weighted by Gasteiger charge is -2.07. The fraction of sp³-hybridized carbons (Fsp3) is 0.200. The zero-order valence-corrected chi connectivity index (χ0v) is 11.2. The van der Waals surface area contributed by atoms with Crippen LogP contribution in [0.4, 0.5) is 4.39 Å². The van der Waals surface area contributed by atoms with Crippen molar-refractivity contribution in [1.29, 1.82) is 0 Å². The Morgan fingerprint density at radius 3 is 2.70 bits per heavy atom. The summed E-state index contributed by atoms with van der Waals surface area (Å²) in [5, 5.41) is 0. The Morgan fingerprint density at radius 1 is 1.25 bits per heavy atom. The van der Waals surface area contributed by atoms with Crippen molar-refractivity contribution in [3.8, 4) is 11.4 Å². The maximum Gasteiger partial charge on any atom is 0.160 e. The molecule has 0 aliphatic carbocycles. The predicted molar refractivity (Wildman–Crippen MR) is 76.7 cm³/mol. The molecule has 2 N–H and O–H groups in total. The maximum atomic E-state index is 13.0. The highest BCUT2D eigenvalue weighted by Gasteiger charge is 2.13. The zero-order valence-electron chi connectivity index (χ0n) is 11.2. The number of nitrogens with two attached hydrogens (primary N) is 1. The Balaban J connectivity index is 2.22. The number of nitrogens with zero attached hydrogens (tertiary/aromatic N) is 3. The second-order valence-corrected chi connectivity index (χ2v) is 4.74. The summed E-state index contributed by atoms with van der Waals surface area (Å²) in [6.45, 7) is 3.10. The van der Waals surface area contributed by atoms with Crippen LogP contribution in [0.15, 0.2) is 36.5 Å². The molecule has 0 bridgehead atoms. The minimum Gasteiger partial charge on any atom is -0.329 e. The van der Waals surface area contributed by atoms with Crippen LogP contribution in [-0.2, 0) is 6.54 Å². The van der Waals surface area contributed by atoms with Crippen LogP contribution >= 0.6 is 0 Å². The highest BCUT2D eigenvalue weighted by atomic mass is 19.1. The molecule has 102 valence electrons. The van der Waals surface area contributed by atoms with Crippen LogP contribution in [0.5, 0.6) is 0 Å². The number of pyridine rings is 1. The predicted octanol–water partition coefficient (Wildman–Crippen LogP) is 2.50. The van der Waals surface area contributed by atoms with Crippen molar-refractivity contribution < 1.29 is 4.39 Å². The van der Waals surface area contributed by atoms with E-state index in [-0.39, 0.29) is 5.82 Å². The summed E-state index contributed by atoms with van der Waals surface area (Å²) < 4.78 is 15.0. The molecule has 0 saturated carbocycles. The van der Waals surface area contributed by atoms with Crippen molar-refractivity contribution in [2.24, 2.45) is 5.73 Å². The Labute approximate surface area is 116 Å². The highest BCUT2D eigenvalue weighted by molar-refractivity contribution is 5.77. The monoisotopic (exact) mass is 270 g/mol. The van der Waals surface area contributed by atoms with Gasteiger partial charge in [0, 0.05) is 24.8 Å². The van der Waals surface area contributed by atoms with Gasteiger partial charge in [-0.05, 0) is 42.8 Å². The van der Waals surface area contributed by atoms with E-state index < -0.39 is 0 Å². The summed E-state index contributed by atoms with van der Waals surface area (Å²) in [6.07, 6.45) is 1.81. The Bertz CT molecular complexity index is 746. The molecule has 2 aromatic heterocycles. The van der Waals surface area contributed by atoms with E-state index in [9.17, 15) is 4.39 Å². The molecular formula is C15H15FN4. The van der Waals surface area contributed by atoms with Crippen molar-refractivity contribution >= 4 is 11.2 Å². The van der Waals surface area contributed by atoms with E-state index in [4.69, 9.17) is 5.73 Å². The summed E-state index contributed by atoms with van der Waals surface area (Å²) in [5.41, 5.74) is 9.23.